The molecule has 8 heteroatoms. The number of carboxylic acids is 1. The second-order valence-electron chi connectivity index (χ2n) is 11.7. The highest BCUT2D eigenvalue weighted by molar-refractivity contribution is 6.30. The van der Waals surface area contributed by atoms with E-state index in [1.807, 2.05) is 23.1 Å². The van der Waals surface area contributed by atoms with E-state index in [0.717, 1.165) is 36.4 Å². The number of hydrogen-bond donors (Lipinski definition) is 1. The zero-order chi connectivity index (χ0) is 29.5. The fraction of sp³-hybridized carbons (Fsp3) is 0.250. The Morgan fingerprint density at radius 2 is 1.43 bits per heavy atom. The molecule has 2 aliphatic rings. The molecule has 1 amide bonds. The van der Waals surface area contributed by atoms with Crippen molar-refractivity contribution >= 4 is 46.8 Å². The summed E-state index contributed by atoms with van der Waals surface area (Å²) < 4.78 is 2.23. The molecular formula is C36H33Cl2N3O3. The fourth-order valence-corrected chi connectivity index (χ4v) is 6.59. The van der Waals surface area contributed by atoms with Crippen molar-refractivity contribution < 1.29 is 14.7 Å². The lowest BCUT2D eigenvalue weighted by Crippen LogP contribution is -2.38. The van der Waals surface area contributed by atoms with Crippen molar-refractivity contribution in [3.63, 3.8) is 0 Å². The van der Waals surface area contributed by atoms with Gasteiger partial charge in [0.25, 0.3) is 5.91 Å². The molecule has 1 saturated carbocycles. The van der Waals surface area contributed by atoms with E-state index in [4.69, 9.17) is 16.7 Å². The smallest absolute Gasteiger partial charge is 0.335 e. The van der Waals surface area contributed by atoms with E-state index < -0.39 is 5.97 Å². The molecule has 6 nitrogen and oxygen atoms in total. The Morgan fingerprint density at radius 1 is 0.773 bits per heavy atom. The third kappa shape index (κ3) is 5.84. The summed E-state index contributed by atoms with van der Waals surface area (Å²) in [5, 5.41) is 16.5. The van der Waals surface area contributed by atoms with Crippen LogP contribution in [-0.2, 0) is 0 Å². The average Bonchev–Trinajstić information content (AvgIpc) is 3.82. The van der Waals surface area contributed by atoms with Gasteiger partial charge in [0.2, 0.25) is 0 Å². The number of halogens is 2. The molecule has 1 aliphatic carbocycles. The minimum atomic E-state index is -1.03. The molecule has 1 aliphatic heterocycles. The van der Waals surface area contributed by atoms with Crippen molar-refractivity contribution in [2.75, 3.05) is 13.1 Å². The van der Waals surface area contributed by atoms with Crippen molar-refractivity contribution in [1.29, 1.82) is 0 Å². The third-order valence-corrected chi connectivity index (χ3v) is 9.10. The first kappa shape index (κ1) is 29.9. The van der Waals surface area contributed by atoms with Crippen LogP contribution in [0.15, 0.2) is 97.1 Å². The molecule has 224 valence electrons. The highest BCUT2D eigenvalue weighted by atomic mass is 35.5. The number of benzene rings is 4. The van der Waals surface area contributed by atoms with E-state index in [9.17, 15) is 14.7 Å². The number of rotatable bonds is 7. The van der Waals surface area contributed by atoms with Gasteiger partial charge in [-0.2, -0.15) is 5.10 Å². The number of carbonyl (C=O) groups is 2. The van der Waals surface area contributed by atoms with Crippen molar-refractivity contribution in [2.24, 2.45) is 0 Å². The van der Waals surface area contributed by atoms with Crippen LogP contribution < -0.4 is 0 Å². The van der Waals surface area contributed by atoms with Crippen molar-refractivity contribution in [1.82, 2.24) is 14.7 Å². The molecule has 2 fully saturated rings. The molecular weight excluding hydrogens is 593 g/mol. The van der Waals surface area contributed by atoms with E-state index >= 15 is 0 Å². The number of piperidine rings is 1. The lowest BCUT2D eigenvalue weighted by molar-refractivity contribution is 0.0697. The summed E-state index contributed by atoms with van der Waals surface area (Å²) in [4.78, 5) is 26.5. The molecule has 1 atom stereocenters. The van der Waals surface area contributed by atoms with Gasteiger partial charge in [-0.15, -0.1) is 12.4 Å². The predicted molar refractivity (Wildman–Crippen MR) is 175 cm³/mol. The molecule has 44 heavy (non-hydrogen) atoms. The van der Waals surface area contributed by atoms with Crippen LogP contribution in [0.3, 0.4) is 0 Å². The first-order valence-corrected chi connectivity index (χ1v) is 15.3. The van der Waals surface area contributed by atoms with E-state index in [1.165, 1.54) is 39.7 Å². The minimum absolute atomic E-state index is 0. The van der Waals surface area contributed by atoms with Crippen LogP contribution in [0.2, 0.25) is 5.02 Å². The van der Waals surface area contributed by atoms with Crippen LogP contribution in [0.5, 0.6) is 0 Å². The van der Waals surface area contributed by atoms with E-state index in [-0.39, 0.29) is 35.7 Å². The molecule has 1 saturated heterocycles. The number of nitrogens with zero attached hydrogens (tertiary/aromatic N) is 3. The monoisotopic (exact) mass is 625 g/mol. The van der Waals surface area contributed by atoms with E-state index in [0.29, 0.717) is 24.7 Å². The van der Waals surface area contributed by atoms with Crippen LogP contribution in [-0.4, -0.2) is 44.8 Å². The summed E-state index contributed by atoms with van der Waals surface area (Å²) >= 11 is 6.26. The number of aromatic nitrogens is 2. The van der Waals surface area contributed by atoms with Crippen LogP contribution >= 0.6 is 24.0 Å². The molecule has 7 rings (SSSR count). The minimum Gasteiger partial charge on any atom is -0.478 e. The van der Waals surface area contributed by atoms with Gasteiger partial charge >= 0.3 is 5.97 Å². The van der Waals surface area contributed by atoms with Crippen LogP contribution in [0.25, 0.3) is 10.9 Å². The van der Waals surface area contributed by atoms with E-state index in [1.54, 1.807) is 12.1 Å². The van der Waals surface area contributed by atoms with Gasteiger partial charge in [0, 0.05) is 40.9 Å². The van der Waals surface area contributed by atoms with Crippen molar-refractivity contribution in [3.05, 3.63) is 136 Å². The van der Waals surface area contributed by atoms with Gasteiger partial charge in [0.05, 0.1) is 22.8 Å². The molecule has 0 spiro atoms. The summed E-state index contributed by atoms with van der Waals surface area (Å²) in [7, 11) is 0. The second-order valence-corrected chi connectivity index (χ2v) is 12.1. The van der Waals surface area contributed by atoms with Gasteiger partial charge in [-0.25, -0.2) is 4.79 Å². The zero-order valence-corrected chi connectivity index (χ0v) is 25.7. The number of likely N-dealkylation sites (tertiary alicyclic amines) is 1. The Balaban J connectivity index is 0.00000343. The number of aromatic carboxylic acids is 1. The highest BCUT2D eigenvalue weighted by Gasteiger charge is 2.32. The Hall–Kier alpha value is -4.13. The Morgan fingerprint density at radius 3 is 2.11 bits per heavy atom. The normalized spacial score (nSPS) is 16.0. The molecule has 1 aromatic heterocycles. The largest absolute Gasteiger partial charge is 0.478 e. The molecule has 0 radical (unpaired) electrons. The third-order valence-electron chi connectivity index (χ3n) is 8.85. The molecule has 1 N–H and O–H groups in total. The number of amides is 1. The zero-order valence-electron chi connectivity index (χ0n) is 24.1. The first-order valence-electron chi connectivity index (χ1n) is 14.9. The topological polar surface area (TPSA) is 75.4 Å². The summed E-state index contributed by atoms with van der Waals surface area (Å²) in [5.74, 6) is -0.860. The maximum absolute atomic E-state index is 13.2. The van der Waals surface area contributed by atoms with Crippen LogP contribution in [0.4, 0.5) is 0 Å². The summed E-state index contributed by atoms with van der Waals surface area (Å²) in [5.41, 5.74) is 6.45. The van der Waals surface area contributed by atoms with Crippen molar-refractivity contribution in [2.45, 2.75) is 43.6 Å². The van der Waals surface area contributed by atoms with Crippen molar-refractivity contribution in [3.8, 4) is 0 Å². The molecule has 0 bridgehead atoms. The van der Waals surface area contributed by atoms with Crippen LogP contribution in [0.1, 0.15) is 86.7 Å². The Bertz CT molecular complexity index is 1810. The Kier molecular flexibility index (Phi) is 8.48. The SMILES string of the molecule is Cl.O=C(O)c1cccc(C(=O)N2CCC(c3nn(C4CC4)c4ccc(C(c5ccccc5)c5ccc(Cl)cc5)cc34)CC2)c1. The summed E-state index contributed by atoms with van der Waals surface area (Å²) in [6.07, 6.45) is 3.92. The maximum atomic E-state index is 13.2. The predicted octanol–water partition coefficient (Wildman–Crippen LogP) is 8.34. The number of fused-ring (bicyclic) bond motifs is 1. The molecule has 1 unspecified atom stereocenters. The van der Waals surface area contributed by atoms with Gasteiger partial charge in [-0.3, -0.25) is 9.48 Å². The van der Waals surface area contributed by atoms with E-state index in [2.05, 4.69) is 59.3 Å². The summed E-state index contributed by atoms with van der Waals surface area (Å²) in [6.45, 7) is 1.21. The number of carboxylic acid groups (broad SMARTS) is 1. The average molecular weight is 627 g/mol. The number of hydrogen-bond acceptors (Lipinski definition) is 3. The lowest BCUT2D eigenvalue weighted by atomic mass is 9.84. The summed E-state index contributed by atoms with van der Waals surface area (Å²) in [6, 6.07) is 32.2. The van der Waals surface area contributed by atoms with Gasteiger partial charge < -0.3 is 10.0 Å². The Labute approximate surface area is 267 Å². The van der Waals surface area contributed by atoms with Crippen LogP contribution in [0, 0.1) is 0 Å². The van der Waals surface area contributed by atoms with Gasteiger partial charge in [-0.05, 0) is 84.8 Å². The molecule has 4 aromatic carbocycles. The first-order chi connectivity index (χ1) is 21.0. The molecule has 2 heterocycles. The standard InChI is InChI=1S/C36H32ClN3O3.ClH/c37-29-12-9-24(10-13-29)33(23-5-2-1-3-6-23)26-11-16-32-31(22-26)34(38-40(32)30-14-15-30)25-17-19-39(20-18-25)35(41)27-7-4-8-28(21-27)36(42)43;/h1-13,16,21-22,25,30,33H,14-15,17-20H2,(H,42,43);1H. The quantitative estimate of drug-likeness (QED) is 0.184. The maximum Gasteiger partial charge on any atom is 0.335 e. The molecule has 5 aromatic rings. The lowest BCUT2D eigenvalue weighted by Gasteiger charge is -2.31. The number of carbonyl (C=O) groups excluding carboxylic acids is 1. The van der Waals surface area contributed by atoms with Gasteiger partial charge in [-0.1, -0.05) is 66.2 Å². The highest BCUT2D eigenvalue weighted by Crippen LogP contribution is 2.42. The van der Waals surface area contributed by atoms with Gasteiger partial charge in [0.15, 0.2) is 0 Å². The second kappa shape index (κ2) is 12.5. The van der Waals surface area contributed by atoms with Gasteiger partial charge in [0.1, 0.15) is 0 Å². The fourth-order valence-electron chi connectivity index (χ4n) is 6.46.